The molecule has 0 radical (unpaired) electrons. The average Bonchev–Trinajstić information content (AvgIpc) is 2.78. The van der Waals surface area contributed by atoms with Crippen LogP contribution < -0.4 is 10.1 Å². The third kappa shape index (κ3) is 5.88. The van der Waals surface area contributed by atoms with Crippen molar-refractivity contribution in [3.63, 3.8) is 0 Å². The molecule has 0 saturated carbocycles. The molecule has 5 heteroatoms. The molecule has 3 aromatic rings. The molecular weight excluding hydrogens is 400 g/mol. The number of ether oxygens (including phenoxy) is 1. The molecule has 0 saturated heterocycles. The number of aryl methyl sites for hydroxylation is 1. The number of hydrogen-bond donors (Lipinski definition) is 1. The van der Waals surface area contributed by atoms with Crippen LogP contribution in [0.5, 0.6) is 5.75 Å². The topological polar surface area (TPSA) is 58.6 Å². The Bertz CT molecular complexity index is 1050. The lowest BCUT2D eigenvalue weighted by Crippen LogP contribution is -2.51. The highest BCUT2D eigenvalue weighted by Gasteiger charge is 2.29. The Labute approximate surface area is 190 Å². The molecule has 0 heterocycles. The molecular formula is C27H32N2O3. The van der Waals surface area contributed by atoms with E-state index >= 15 is 0 Å². The van der Waals surface area contributed by atoms with E-state index in [9.17, 15) is 9.59 Å². The van der Waals surface area contributed by atoms with Gasteiger partial charge in [0.2, 0.25) is 5.91 Å². The molecule has 3 aromatic carbocycles. The van der Waals surface area contributed by atoms with Crippen molar-refractivity contribution in [3.05, 3.63) is 77.9 Å². The summed E-state index contributed by atoms with van der Waals surface area (Å²) in [6.45, 7) is 8.00. The molecule has 0 spiro atoms. The van der Waals surface area contributed by atoms with E-state index in [-0.39, 0.29) is 24.5 Å². The second kappa shape index (κ2) is 10.8. The normalized spacial score (nSPS) is 11.9. The van der Waals surface area contributed by atoms with Crippen LogP contribution in [0.4, 0.5) is 0 Å². The van der Waals surface area contributed by atoms with Gasteiger partial charge in [0.1, 0.15) is 11.8 Å². The molecule has 32 heavy (non-hydrogen) atoms. The van der Waals surface area contributed by atoms with Crippen LogP contribution in [0, 0.1) is 6.92 Å². The fourth-order valence-electron chi connectivity index (χ4n) is 3.73. The van der Waals surface area contributed by atoms with Gasteiger partial charge in [0, 0.05) is 18.0 Å². The lowest BCUT2D eigenvalue weighted by Gasteiger charge is -2.31. The minimum Gasteiger partial charge on any atom is -0.483 e. The summed E-state index contributed by atoms with van der Waals surface area (Å²) in [5.74, 6) is 0.295. The first-order chi connectivity index (χ1) is 15.4. The zero-order valence-corrected chi connectivity index (χ0v) is 19.3. The molecule has 168 valence electrons. The summed E-state index contributed by atoms with van der Waals surface area (Å²) in [7, 11) is 0. The number of fused-ring (bicyclic) bond motifs is 1. The molecule has 3 rings (SSSR count). The third-order valence-corrected chi connectivity index (χ3v) is 5.39. The van der Waals surface area contributed by atoms with Crippen LogP contribution in [-0.2, 0) is 16.1 Å². The van der Waals surface area contributed by atoms with Crippen molar-refractivity contribution < 1.29 is 14.3 Å². The first-order valence-electron chi connectivity index (χ1n) is 11.1. The van der Waals surface area contributed by atoms with Crippen molar-refractivity contribution in [2.75, 3.05) is 6.61 Å². The maximum atomic E-state index is 13.3. The molecule has 0 aliphatic carbocycles. The minimum atomic E-state index is -0.567. The SMILES string of the molecule is CC[C@H](C(=O)NC(C)C)N(Cc1ccc(C)cc1)C(=O)COc1cccc2ccccc12. The largest absolute Gasteiger partial charge is 0.483 e. The lowest BCUT2D eigenvalue weighted by molar-refractivity contribution is -0.143. The van der Waals surface area contributed by atoms with Gasteiger partial charge in [0.05, 0.1) is 0 Å². The molecule has 1 N–H and O–H groups in total. The highest BCUT2D eigenvalue weighted by atomic mass is 16.5. The molecule has 0 bridgehead atoms. The summed E-state index contributed by atoms with van der Waals surface area (Å²) in [6.07, 6.45) is 0.518. The maximum absolute atomic E-state index is 13.3. The molecule has 2 amide bonds. The van der Waals surface area contributed by atoms with Gasteiger partial charge in [0.15, 0.2) is 6.61 Å². The number of carbonyl (C=O) groups excluding carboxylic acids is 2. The number of amides is 2. The quantitative estimate of drug-likeness (QED) is 0.525. The van der Waals surface area contributed by atoms with E-state index in [2.05, 4.69) is 5.32 Å². The smallest absolute Gasteiger partial charge is 0.261 e. The van der Waals surface area contributed by atoms with Crippen LogP contribution in [0.2, 0.25) is 0 Å². The monoisotopic (exact) mass is 432 g/mol. The van der Waals surface area contributed by atoms with E-state index in [4.69, 9.17) is 4.74 Å². The number of benzene rings is 3. The molecule has 0 aliphatic heterocycles. The lowest BCUT2D eigenvalue weighted by atomic mass is 10.1. The Balaban J connectivity index is 1.82. The van der Waals surface area contributed by atoms with E-state index in [1.807, 2.05) is 94.4 Å². The Morgan fingerprint density at radius 1 is 0.969 bits per heavy atom. The van der Waals surface area contributed by atoms with E-state index < -0.39 is 6.04 Å². The fourth-order valence-corrected chi connectivity index (χ4v) is 3.73. The zero-order valence-electron chi connectivity index (χ0n) is 19.3. The zero-order chi connectivity index (χ0) is 23.1. The van der Waals surface area contributed by atoms with Gasteiger partial charge in [-0.2, -0.15) is 0 Å². The van der Waals surface area contributed by atoms with Gasteiger partial charge in [-0.15, -0.1) is 0 Å². The van der Waals surface area contributed by atoms with Gasteiger partial charge in [-0.1, -0.05) is 73.2 Å². The van der Waals surface area contributed by atoms with Gasteiger partial charge in [0.25, 0.3) is 5.91 Å². The van der Waals surface area contributed by atoms with E-state index in [0.29, 0.717) is 18.7 Å². The van der Waals surface area contributed by atoms with E-state index in [1.165, 1.54) is 0 Å². The van der Waals surface area contributed by atoms with Crippen LogP contribution in [0.3, 0.4) is 0 Å². The van der Waals surface area contributed by atoms with Gasteiger partial charge >= 0.3 is 0 Å². The third-order valence-electron chi connectivity index (χ3n) is 5.39. The second-order valence-electron chi connectivity index (χ2n) is 8.36. The predicted molar refractivity (Wildman–Crippen MR) is 129 cm³/mol. The van der Waals surface area contributed by atoms with Crippen molar-refractivity contribution in [1.82, 2.24) is 10.2 Å². The second-order valence-corrected chi connectivity index (χ2v) is 8.36. The summed E-state index contributed by atoms with van der Waals surface area (Å²) >= 11 is 0. The summed E-state index contributed by atoms with van der Waals surface area (Å²) < 4.78 is 5.95. The highest BCUT2D eigenvalue weighted by molar-refractivity contribution is 5.90. The van der Waals surface area contributed by atoms with Crippen LogP contribution in [0.1, 0.15) is 38.3 Å². The van der Waals surface area contributed by atoms with Crippen molar-refractivity contribution >= 4 is 22.6 Å². The Morgan fingerprint density at radius 3 is 2.34 bits per heavy atom. The molecule has 0 fully saturated rings. The Kier molecular flexibility index (Phi) is 7.87. The Hall–Kier alpha value is -3.34. The number of nitrogens with one attached hydrogen (secondary N) is 1. The van der Waals surface area contributed by atoms with Crippen LogP contribution in [0.25, 0.3) is 10.8 Å². The molecule has 5 nitrogen and oxygen atoms in total. The van der Waals surface area contributed by atoms with Crippen molar-refractivity contribution in [1.29, 1.82) is 0 Å². The molecule has 0 aromatic heterocycles. The average molecular weight is 433 g/mol. The standard InChI is InChI=1S/C27H32N2O3/c1-5-24(27(31)28-19(2)3)29(17-21-15-13-20(4)14-16-21)26(30)18-32-25-12-8-10-22-9-6-7-11-23(22)25/h6-16,19,24H,5,17-18H2,1-4H3,(H,28,31)/t24-/m1/s1. The van der Waals surface area contributed by atoms with Crippen LogP contribution in [0.15, 0.2) is 66.7 Å². The van der Waals surface area contributed by atoms with Gasteiger partial charge < -0.3 is 15.0 Å². The first kappa shape index (κ1) is 23.3. The summed E-state index contributed by atoms with van der Waals surface area (Å²) in [5, 5.41) is 4.96. The number of hydrogen-bond acceptors (Lipinski definition) is 3. The maximum Gasteiger partial charge on any atom is 0.261 e. The van der Waals surface area contributed by atoms with Crippen LogP contribution in [-0.4, -0.2) is 35.4 Å². The van der Waals surface area contributed by atoms with Gasteiger partial charge in [-0.25, -0.2) is 0 Å². The summed E-state index contributed by atoms with van der Waals surface area (Å²) in [4.78, 5) is 27.8. The minimum absolute atomic E-state index is 0.000176. The Morgan fingerprint density at radius 2 is 1.66 bits per heavy atom. The first-order valence-corrected chi connectivity index (χ1v) is 11.1. The van der Waals surface area contributed by atoms with E-state index in [1.54, 1.807) is 4.90 Å². The highest BCUT2D eigenvalue weighted by Crippen LogP contribution is 2.25. The van der Waals surface area contributed by atoms with Gasteiger partial charge in [-0.3, -0.25) is 9.59 Å². The summed E-state index contributed by atoms with van der Waals surface area (Å²) in [5.41, 5.74) is 2.13. The predicted octanol–water partition coefficient (Wildman–Crippen LogP) is 4.86. The molecule has 0 aliphatic rings. The van der Waals surface area contributed by atoms with E-state index in [0.717, 1.165) is 21.9 Å². The molecule has 0 unspecified atom stereocenters. The van der Waals surface area contributed by atoms with Crippen molar-refractivity contribution in [2.24, 2.45) is 0 Å². The van der Waals surface area contributed by atoms with Gasteiger partial charge in [-0.05, 0) is 44.2 Å². The van der Waals surface area contributed by atoms with Crippen molar-refractivity contribution in [2.45, 2.75) is 52.7 Å². The number of rotatable bonds is 9. The fraction of sp³-hybridized carbons (Fsp3) is 0.333. The van der Waals surface area contributed by atoms with Crippen molar-refractivity contribution in [3.8, 4) is 5.75 Å². The number of carbonyl (C=O) groups is 2. The summed E-state index contributed by atoms with van der Waals surface area (Å²) in [6, 6.07) is 21.1. The molecule has 1 atom stereocenters. The van der Waals surface area contributed by atoms with Crippen LogP contribution >= 0.6 is 0 Å². The number of nitrogens with zero attached hydrogens (tertiary/aromatic N) is 1.